The number of ether oxygens (including phenoxy) is 2. The van der Waals surface area contributed by atoms with Crippen LogP contribution in [0.1, 0.15) is 41.4 Å². The van der Waals surface area contributed by atoms with Crippen molar-refractivity contribution in [3.8, 4) is 11.5 Å². The molecule has 0 aromatic heterocycles. The summed E-state index contributed by atoms with van der Waals surface area (Å²) in [7, 11) is 3.23. The fraction of sp³-hybridized carbons (Fsp3) is 0.316. The van der Waals surface area contributed by atoms with Crippen LogP contribution in [0.25, 0.3) is 0 Å². The molecule has 0 heterocycles. The second-order valence-electron chi connectivity index (χ2n) is 5.47. The van der Waals surface area contributed by atoms with Gasteiger partial charge in [-0.05, 0) is 54.8 Å². The maximum atomic E-state index is 12.5. The molecule has 0 saturated heterocycles. The van der Waals surface area contributed by atoms with Crippen molar-refractivity contribution in [3.63, 3.8) is 0 Å². The summed E-state index contributed by atoms with van der Waals surface area (Å²) in [4.78, 5) is 12.5. The van der Waals surface area contributed by atoms with Gasteiger partial charge in [-0.25, -0.2) is 0 Å². The minimum atomic E-state index is -0.147. The van der Waals surface area contributed by atoms with Gasteiger partial charge in [0.25, 0.3) is 5.91 Å². The normalized spacial score (nSPS) is 11.7. The van der Waals surface area contributed by atoms with Gasteiger partial charge in [0.05, 0.1) is 20.3 Å². The third-order valence-corrected chi connectivity index (χ3v) is 4.42. The standard InChI is InChI=1S/C19H22BrNO3/c1-5-13-10-17(23-3)18(24-4)11-16(13)12(2)21-19(22)14-7-6-8-15(20)9-14/h6-12H,5H2,1-4H3,(H,21,22)/t12-/m1/s1. The topological polar surface area (TPSA) is 47.6 Å². The van der Waals surface area contributed by atoms with Crippen molar-refractivity contribution in [1.82, 2.24) is 5.32 Å². The summed E-state index contributed by atoms with van der Waals surface area (Å²) in [6, 6.07) is 11.1. The molecule has 0 aliphatic rings. The van der Waals surface area contributed by atoms with E-state index in [9.17, 15) is 4.79 Å². The van der Waals surface area contributed by atoms with Crippen molar-refractivity contribution in [2.75, 3.05) is 14.2 Å². The molecule has 2 aromatic carbocycles. The molecule has 1 amide bonds. The Balaban J connectivity index is 2.28. The first kappa shape index (κ1) is 18.3. The van der Waals surface area contributed by atoms with Crippen LogP contribution in [0.3, 0.4) is 0 Å². The molecule has 5 heteroatoms. The Bertz CT molecular complexity index is 731. The van der Waals surface area contributed by atoms with Gasteiger partial charge in [0, 0.05) is 10.0 Å². The van der Waals surface area contributed by atoms with Crippen molar-refractivity contribution < 1.29 is 14.3 Å². The van der Waals surface area contributed by atoms with Gasteiger partial charge in [-0.3, -0.25) is 4.79 Å². The zero-order valence-corrected chi connectivity index (χ0v) is 15.9. The van der Waals surface area contributed by atoms with Crippen LogP contribution < -0.4 is 14.8 Å². The van der Waals surface area contributed by atoms with Crippen molar-refractivity contribution in [2.24, 2.45) is 0 Å². The molecule has 0 unspecified atom stereocenters. The molecule has 0 saturated carbocycles. The van der Waals surface area contributed by atoms with Crippen LogP contribution in [-0.2, 0) is 6.42 Å². The molecule has 0 aliphatic carbocycles. The second-order valence-corrected chi connectivity index (χ2v) is 6.38. The number of aryl methyl sites for hydroxylation is 1. The number of benzene rings is 2. The zero-order valence-electron chi connectivity index (χ0n) is 14.4. The molecular formula is C19H22BrNO3. The van der Waals surface area contributed by atoms with E-state index in [0.717, 1.165) is 22.0 Å². The molecule has 1 atom stereocenters. The van der Waals surface area contributed by atoms with E-state index in [1.54, 1.807) is 26.4 Å². The summed E-state index contributed by atoms with van der Waals surface area (Å²) < 4.78 is 11.6. The van der Waals surface area contributed by atoms with Gasteiger partial charge < -0.3 is 14.8 Å². The molecule has 0 aliphatic heterocycles. The van der Waals surface area contributed by atoms with Crippen LogP contribution in [0.15, 0.2) is 40.9 Å². The third-order valence-electron chi connectivity index (χ3n) is 3.93. The fourth-order valence-corrected chi connectivity index (χ4v) is 3.03. The number of rotatable bonds is 6. The third kappa shape index (κ3) is 4.09. The smallest absolute Gasteiger partial charge is 0.251 e. The van der Waals surface area contributed by atoms with E-state index in [1.165, 1.54) is 0 Å². The number of hydrogen-bond acceptors (Lipinski definition) is 3. The highest BCUT2D eigenvalue weighted by atomic mass is 79.9. The molecule has 0 radical (unpaired) electrons. The number of hydrogen-bond donors (Lipinski definition) is 1. The highest BCUT2D eigenvalue weighted by Gasteiger charge is 2.17. The number of halogens is 1. The molecule has 24 heavy (non-hydrogen) atoms. The monoisotopic (exact) mass is 391 g/mol. The Hall–Kier alpha value is -2.01. The Morgan fingerprint density at radius 2 is 1.83 bits per heavy atom. The molecule has 4 nitrogen and oxygen atoms in total. The average molecular weight is 392 g/mol. The maximum Gasteiger partial charge on any atom is 0.251 e. The summed E-state index contributed by atoms with van der Waals surface area (Å²) in [6.45, 7) is 4.05. The number of carbonyl (C=O) groups excluding carboxylic acids is 1. The van der Waals surface area contributed by atoms with Crippen molar-refractivity contribution in [2.45, 2.75) is 26.3 Å². The van der Waals surface area contributed by atoms with Crippen LogP contribution >= 0.6 is 15.9 Å². The molecular weight excluding hydrogens is 370 g/mol. The molecule has 1 N–H and O–H groups in total. The van der Waals surface area contributed by atoms with Crippen LogP contribution in [-0.4, -0.2) is 20.1 Å². The predicted octanol–water partition coefficient (Wildman–Crippen LogP) is 4.52. The largest absolute Gasteiger partial charge is 0.493 e. The lowest BCUT2D eigenvalue weighted by atomic mass is 9.98. The number of nitrogens with one attached hydrogen (secondary N) is 1. The summed E-state index contributed by atoms with van der Waals surface area (Å²) in [5.41, 5.74) is 2.77. The molecule has 0 spiro atoms. The van der Waals surface area contributed by atoms with Crippen LogP contribution in [0, 0.1) is 0 Å². The van der Waals surface area contributed by atoms with E-state index in [4.69, 9.17) is 9.47 Å². The first-order valence-corrected chi connectivity index (χ1v) is 8.60. The Kier molecular flexibility index (Phi) is 6.26. The minimum absolute atomic E-state index is 0.111. The molecule has 2 aromatic rings. The number of amides is 1. The van der Waals surface area contributed by atoms with Crippen LogP contribution in [0.4, 0.5) is 0 Å². The Labute approximate surface area is 151 Å². The first-order valence-electron chi connectivity index (χ1n) is 7.81. The molecule has 128 valence electrons. The fourth-order valence-electron chi connectivity index (χ4n) is 2.63. The van der Waals surface area contributed by atoms with Crippen molar-refractivity contribution in [3.05, 3.63) is 57.6 Å². The maximum absolute atomic E-state index is 12.5. The lowest BCUT2D eigenvalue weighted by molar-refractivity contribution is 0.0939. The highest BCUT2D eigenvalue weighted by Crippen LogP contribution is 2.33. The van der Waals surface area contributed by atoms with E-state index in [-0.39, 0.29) is 11.9 Å². The Morgan fingerprint density at radius 3 is 2.42 bits per heavy atom. The van der Waals surface area contributed by atoms with Crippen LogP contribution in [0.2, 0.25) is 0 Å². The summed E-state index contributed by atoms with van der Waals surface area (Å²) in [6.07, 6.45) is 0.840. The van der Waals surface area contributed by atoms with Gasteiger partial charge >= 0.3 is 0 Å². The molecule has 2 rings (SSSR count). The lowest BCUT2D eigenvalue weighted by Crippen LogP contribution is -2.27. The van der Waals surface area contributed by atoms with E-state index in [2.05, 4.69) is 28.2 Å². The number of methoxy groups -OCH3 is 2. The van der Waals surface area contributed by atoms with E-state index < -0.39 is 0 Å². The first-order chi connectivity index (χ1) is 11.5. The Morgan fingerprint density at radius 1 is 1.17 bits per heavy atom. The minimum Gasteiger partial charge on any atom is -0.493 e. The van der Waals surface area contributed by atoms with Gasteiger partial charge in [-0.2, -0.15) is 0 Å². The van der Waals surface area contributed by atoms with Gasteiger partial charge in [0.15, 0.2) is 11.5 Å². The summed E-state index contributed by atoms with van der Waals surface area (Å²) in [5.74, 6) is 1.25. The zero-order chi connectivity index (χ0) is 17.7. The molecule has 0 bridgehead atoms. The predicted molar refractivity (Wildman–Crippen MR) is 98.9 cm³/mol. The SMILES string of the molecule is CCc1cc(OC)c(OC)cc1[C@@H](C)NC(=O)c1cccc(Br)c1. The summed E-state index contributed by atoms with van der Waals surface area (Å²) >= 11 is 3.39. The van der Waals surface area contributed by atoms with Crippen molar-refractivity contribution in [1.29, 1.82) is 0 Å². The second kappa shape index (κ2) is 8.20. The van der Waals surface area contributed by atoms with Gasteiger partial charge in [-0.1, -0.05) is 28.9 Å². The van der Waals surface area contributed by atoms with E-state index in [0.29, 0.717) is 17.1 Å². The van der Waals surface area contributed by atoms with Gasteiger partial charge in [0.1, 0.15) is 0 Å². The average Bonchev–Trinajstić information content (AvgIpc) is 2.60. The van der Waals surface area contributed by atoms with E-state index >= 15 is 0 Å². The lowest BCUT2D eigenvalue weighted by Gasteiger charge is -2.20. The number of carbonyl (C=O) groups is 1. The highest BCUT2D eigenvalue weighted by molar-refractivity contribution is 9.10. The quantitative estimate of drug-likeness (QED) is 0.787. The van der Waals surface area contributed by atoms with Gasteiger partial charge in [0.2, 0.25) is 0 Å². The van der Waals surface area contributed by atoms with Gasteiger partial charge in [-0.15, -0.1) is 0 Å². The van der Waals surface area contributed by atoms with Crippen molar-refractivity contribution >= 4 is 21.8 Å². The van der Waals surface area contributed by atoms with E-state index in [1.807, 2.05) is 31.2 Å². The van der Waals surface area contributed by atoms with Crippen LogP contribution in [0.5, 0.6) is 11.5 Å². The molecule has 0 fully saturated rings. The summed E-state index contributed by atoms with van der Waals surface area (Å²) in [5, 5.41) is 3.05.